The van der Waals surface area contributed by atoms with E-state index in [0.717, 1.165) is 60.9 Å². The van der Waals surface area contributed by atoms with Crippen molar-refractivity contribution in [3.63, 3.8) is 0 Å². The number of aromatic nitrogens is 3. The van der Waals surface area contributed by atoms with Crippen LogP contribution in [0.4, 0.5) is 0 Å². The normalized spacial score (nSPS) is 11.1. The Morgan fingerprint density at radius 2 is 0.933 bits per heavy atom. The van der Waals surface area contributed by atoms with E-state index in [2.05, 4.69) is 66.7 Å². The number of hydrogen-bond donors (Lipinski definition) is 0. The fraction of sp³-hybridized carbons (Fsp3) is 0. The second kappa shape index (κ2) is 11.0. The van der Waals surface area contributed by atoms with Gasteiger partial charge in [0.2, 0.25) is 0 Å². The number of hydrogen-bond acceptors (Lipinski definition) is 5. The molecule has 0 amide bonds. The van der Waals surface area contributed by atoms with Gasteiger partial charge in [-0.3, -0.25) is 0 Å². The molecular weight excluding hydrogens is 552 g/mol. The van der Waals surface area contributed by atoms with Gasteiger partial charge in [-0.1, -0.05) is 109 Å². The van der Waals surface area contributed by atoms with Crippen LogP contribution in [0.3, 0.4) is 0 Å². The van der Waals surface area contributed by atoms with Gasteiger partial charge in [-0.15, -0.1) is 0 Å². The van der Waals surface area contributed by atoms with Crippen molar-refractivity contribution < 1.29 is 4.42 Å². The molecule has 0 radical (unpaired) electrons. The molecule has 0 aliphatic heterocycles. The molecule has 0 saturated heterocycles. The van der Waals surface area contributed by atoms with Crippen molar-refractivity contribution >= 4 is 21.9 Å². The van der Waals surface area contributed by atoms with E-state index in [-0.39, 0.29) is 0 Å². The quantitative estimate of drug-likeness (QED) is 0.204. The first-order chi connectivity index (χ1) is 22.2. The minimum absolute atomic E-state index is 0.508. The highest BCUT2D eigenvalue weighted by Gasteiger charge is 2.14. The summed E-state index contributed by atoms with van der Waals surface area (Å²) in [6.45, 7) is 0. The molecule has 2 heterocycles. The zero-order valence-corrected chi connectivity index (χ0v) is 24.1. The van der Waals surface area contributed by atoms with Gasteiger partial charge in [0.1, 0.15) is 11.2 Å². The van der Waals surface area contributed by atoms with Gasteiger partial charge in [-0.05, 0) is 58.7 Å². The SMILES string of the molecule is N#Cc1cccc(-c2nc(-c3ccc(-c4ccccc4)cc3)nc(-c3cccc(-c4ccc5c(c4)oc4ccccc45)c3)n2)c1. The first-order valence-electron chi connectivity index (χ1n) is 14.7. The maximum atomic E-state index is 9.53. The number of benzene rings is 6. The smallest absolute Gasteiger partial charge is 0.164 e. The minimum atomic E-state index is 0.508. The van der Waals surface area contributed by atoms with Gasteiger partial charge in [-0.2, -0.15) is 5.26 Å². The molecule has 0 fully saturated rings. The third kappa shape index (κ3) is 5.01. The zero-order valence-electron chi connectivity index (χ0n) is 24.1. The van der Waals surface area contributed by atoms with E-state index in [1.54, 1.807) is 12.1 Å². The summed E-state index contributed by atoms with van der Waals surface area (Å²) in [5.41, 5.74) is 9.09. The molecule has 210 valence electrons. The lowest BCUT2D eigenvalue weighted by molar-refractivity contribution is 0.669. The summed E-state index contributed by atoms with van der Waals surface area (Å²) in [7, 11) is 0. The van der Waals surface area contributed by atoms with E-state index in [1.165, 1.54) is 0 Å². The Labute approximate surface area is 259 Å². The van der Waals surface area contributed by atoms with Crippen LogP contribution < -0.4 is 0 Å². The molecule has 0 aliphatic rings. The third-order valence-electron chi connectivity index (χ3n) is 7.97. The summed E-state index contributed by atoms with van der Waals surface area (Å²) in [5, 5.41) is 11.7. The first-order valence-corrected chi connectivity index (χ1v) is 14.7. The molecule has 45 heavy (non-hydrogen) atoms. The van der Waals surface area contributed by atoms with Crippen molar-refractivity contribution in [1.82, 2.24) is 15.0 Å². The summed E-state index contributed by atoms with van der Waals surface area (Å²) in [5.74, 6) is 1.62. The monoisotopic (exact) mass is 576 g/mol. The predicted octanol–water partition coefficient (Wildman–Crippen LogP) is 9.98. The van der Waals surface area contributed by atoms with Crippen LogP contribution in [-0.4, -0.2) is 15.0 Å². The lowest BCUT2D eigenvalue weighted by Gasteiger charge is -2.10. The van der Waals surface area contributed by atoms with Crippen LogP contribution in [0.1, 0.15) is 5.56 Å². The average Bonchev–Trinajstić information content (AvgIpc) is 3.50. The van der Waals surface area contributed by atoms with E-state index in [0.29, 0.717) is 23.0 Å². The zero-order chi connectivity index (χ0) is 30.2. The van der Waals surface area contributed by atoms with Gasteiger partial charge in [0, 0.05) is 27.5 Å². The van der Waals surface area contributed by atoms with Gasteiger partial charge in [0.25, 0.3) is 0 Å². The number of furan rings is 1. The summed E-state index contributed by atoms with van der Waals surface area (Å²) >= 11 is 0. The standard InChI is InChI=1S/C40H24N4O/c41-25-26-8-6-12-32(22-26)39-42-38(29-18-16-28(17-19-29)27-9-2-1-3-10-27)43-40(44-39)33-13-7-11-30(23-33)31-20-21-35-34-14-4-5-15-36(34)45-37(35)24-31/h1-24H. The maximum absolute atomic E-state index is 9.53. The summed E-state index contributed by atoms with van der Waals surface area (Å²) < 4.78 is 6.16. The fourth-order valence-electron chi connectivity index (χ4n) is 5.68. The molecule has 5 nitrogen and oxygen atoms in total. The lowest BCUT2D eigenvalue weighted by atomic mass is 10.0. The molecule has 0 spiro atoms. The molecule has 2 aromatic heterocycles. The highest BCUT2D eigenvalue weighted by atomic mass is 16.3. The molecule has 0 saturated carbocycles. The Morgan fingerprint density at radius 1 is 0.400 bits per heavy atom. The van der Waals surface area contributed by atoms with Crippen LogP contribution >= 0.6 is 0 Å². The molecule has 8 rings (SSSR count). The van der Waals surface area contributed by atoms with Crippen LogP contribution in [0.15, 0.2) is 150 Å². The summed E-state index contributed by atoms with van der Waals surface area (Å²) in [6.07, 6.45) is 0. The van der Waals surface area contributed by atoms with Crippen LogP contribution in [-0.2, 0) is 0 Å². The number of rotatable bonds is 5. The van der Waals surface area contributed by atoms with Crippen molar-refractivity contribution in [2.24, 2.45) is 0 Å². The van der Waals surface area contributed by atoms with E-state index < -0.39 is 0 Å². The van der Waals surface area contributed by atoms with Crippen molar-refractivity contribution in [3.8, 4) is 62.5 Å². The summed E-state index contributed by atoms with van der Waals surface area (Å²) in [4.78, 5) is 14.7. The number of para-hydroxylation sites is 1. The van der Waals surface area contributed by atoms with Gasteiger partial charge < -0.3 is 4.42 Å². The van der Waals surface area contributed by atoms with Crippen LogP contribution in [0.2, 0.25) is 0 Å². The van der Waals surface area contributed by atoms with E-state index in [9.17, 15) is 5.26 Å². The second-order valence-corrected chi connectivity index (χ2v) is 10.8. The third-order valence-corrected chi connectivity index (χ3v) is 7.97. The number of nitrogens with zero attached hydrogens (tertiary/aromatic N) is 4. The average molecular weight is 577 g/mol. The maximum Gasteiger partial charge on any atom is 0.164 e. The van der Waals surface area contributed by atoms with Gasteiger partial charge in [0.15, 0.2) is 17.5 Å². The topological polar surface area (TPSA) is 75.6 Å². The minimum Gasteiger partial charge on any atom is -0.456 e. The Hall–Kier alpha value is -6.38. The first kappa shape index (κ1) is 26.3. The van der Waals surface area contributed by atoms with Crippen molar-refractivity contribution in [2.45, 2.75) is 0 Å². The molecule has 5 heteroatoms. The Balaban J connectivity index is 1.23. The van der Waals surface area contributed by atoms with Crippen LogP contribution in [0.5, 0.6) is 0 Å². The summed E-state index contributed by atoms with van der Waals surface area (Å²) in [6, 6.07) is 50.7. The van der Waals surface area contributed by atoms with E-state index in [4.69, 9.17) is 19.4 Å². The molecular formula is C40H24N4O. The van der Waals surface area contributed by atoms with Gasteiger partial charge in [-0.25, -0.2) is 15.0 Å². The van der Waals surface area contributed by atoms with Crippen molar-refractivity contribution in [2.75, 3.05) is 0 Å². The molecule has 8 aromatic rings. The number of nitriles is 1. The molecule has 0 atom stereocenters. The second-order valence-electron chi connectivity index (χ2n) is 10.8. The molecule has 0 bridgehead atoms. The van der Waals surface area contributed by atoms with Crippen molar-refractivity contribution in [3.05, 3.63) is 151 Å². The Bertz CT molecular complexity index is 2390. The Morgan fingerprint density at radius 3 is 1.71 bits per heavy atom. The molecule has 0 aliphatic carbocycles. The fourth-order valence-corrected chi connectivity index (χ4v) is 5.68. The van der Waals surface area contributed by atoms with Gasteiger partial charge >= 0.3 is 0 Å². The molecule has 0 N–H and O–H groups in total. The highest BCUT2D eigenvalue weighted by molar-refractivity contribution is 6.05. The predicted molar refractivity (Wildman–Crippen MR) is 179 cm³/mol. The Kier molecular flexibility index (Phi) is 6.44. The molecule has 0 unspecified atom stereocenters. The van der Waals surface area contributed by atoms with Crippen LogP contribution in [0, 0.1) is 11.3 Å². The van der Waals surface area contributed by atoms with Gasteiger partial charge in [0.05, 0.1) is 11.6 Å². The largest absolute Gasteiger partial charge is 0.456 e. The van der Waals surface area contributed by atoms with E-state index in [1.807, 2.05) is 72.8 Å². The molecule has 6 aromatic carbocycles. The van der Waals surface area contributed by atoms with Crippen LogP contribution in [0.25, 0.3) is 78.4 Å². The van der Waals surface area contributed by atoms with Crippen molar-refractivity contribution in [1.29, 1.82) is 5.26 Å². The highest BCUT2D eigenvalue weighted by Crippen LogP contribution is 2.34. The number of fused-ring (bicyclic) bond motifs is 3. The van der Waals surface area contributed by atoms with E-state index >= 15 is 0 Å². The lowest BCUT2D eigenvalue weighted by Crippen LogP contribution is -2.00.